The molecule has 4 bridgehead atoms. The topological polar surface area (TPSA) is 61.4 Å². The molecule has 2 amide bonds. The molecule has 0 aromatic rings. The Morgan fingerprint density at radius 2 is 1.82 bits per heavy atom. The Labute approximate surface area is 132 Å². The number of nitrogens with zero attached hydrogens (tertiary/aromatic N) is 1. The number of piperazine rings is 1. The number of nitrogens with one attached hydrogen (secondary N) is 2. The van der Waals surface area contributed by atoms with Crippen LogP contribution in [0.1, 0.15) is 45.4 Å². The number of rotatable bonds is 3. The second-order valence-electron chi connectivity index (χ2n) is 8.18. The molecule has 1 saturated heterocycles. The quantitative estimate of drug-likeness (QED) is 0.814. The van der Waals surface area contributed by atoms with E-state index in [9.17, 15) is 9.59 Å². The first kappa shape index (κ1) is 14.5. The Balaban J connectivity index is 1.42. The molecule has 5 fully saturated rings. The summed E-state index contributed by atoms with van der Waals surface area (Å²) >= 11 is 0. The Hall–Kier alpha value is -1.10. The number of hydrogen-bond donors (Lipinski definition) is 2. The fourth-order valence-corrected chi connectivity index (χ4v) is 5.78. The maximum absolute atomic E-state index is 12.7. The van der Waals surface area contributed by atoms with Crippen molar-refractivity contribution in [3.63, 3.8) is 0 Å². The van der Waals surface area contributed by atoms with Crippen LogP contribution in [0, 0.1) is 17.8 Å². The molecular weight excluding hydrogens is 278 g/mol. The summed E-state index contributed by atoms with van der Waals surface area (Å²) in [6, 6.07) is -0.209. The summed E-state index contributed by atoms with van der Waals surface area (Å²) in [5.41, 5.74) is 0.0676. The van der Waals surface area contributed by atoms with E-state index >= 15 is 0 Å². The average molecular weight is 305 g/mol. The van der Waals surface area contributed by atoms with Gasteiger partial charge in [0.15, 0.2) is 0 Å². The molecule has 22 heavy (non-hydrogen) atoms. The minimum atomic E-state index is -0.209. The van der Waals surface area contributed by atoms with E-state index in [0.717, 1.165) is 24.3 Å². The highest BCUT2D eigenvalue weighted by atomic mass is 16.2. The summed E-state index contributed by atoms with van der Waals surface area (Å²) < 4.78 is 0. The summed E-state index contributed by atoms with van der Waals surface area (Å²) in [7, 11) is 0. The molecule has 5 heteroatoms. The zero-order chi connectivity index (χ0) is 15.3. The van der Waals surface area contributed by atoms with Crippen molar-refractivity contribution in [3.05, 3.63) is 0 Å². The Bertz CT molecular complexity index is 455. The molecule has 0 unspecified atom stereocenters. The van der Waals surface area contributed by atoms with Crippen LogP contribution >= 0.6 is 0 Å². The smallest absolute Gasteiger partial charge is 0.237 e. The predicted molar refractivity (Wildman–Crippen MR) is 83.1 cm³/mol. The molecule has 1 heterocycles. The van der Waals surface area contributed by atoms with Crippen molar-refractivity contribution in [2.45, 2.75) is 57.0 Å². The van der Waals surface area contributed by atoms with Gasteiger partial charge in [-0.3, -0.25) is 14.5 Å². The van der Waals surface area contributed by atoms with Crippen molar-refractivity contribution in [2.24, 2.45) is 17.8 Å². The fourth-order valence-electron chi connectivity index (χ4n) is 5.78. The lowest BCUT2D eigenvalue weighted by Crippen LogP contribution is -2.63. The second-order valence-corrected chi connectivity index (χ2v) is 8.18. The predicted octanol–water partition coefficient (Wildman–Crippen LogP) is 0.892. The van der Waals surface area contributed by atoms with Gasteiger partial charge in [-0.1, -0.05) is 0 Å². The highest BCUT2D eigenvalue weighted by Gasteiger charge is 2.51. The van der Waals surface area contributed by atoms with Gasteiger partial charge in [-0.2, -0.15) is 0 Å². The molecular formula is C17H27N3O2. The number of carbonyl (C=O) groups excluding carboxylic acids is 2. The van der Waals surface area contributed by atoms with Gasteiger partial charge < -0.3 is 10.6 Å². The van der Waals surface area contributed by atoms with E-state index in [1.54, 1.807) is 0 Å². The molecule has 0 radical (unpaired) electrons. The van der Waals surface area contributed by atoms with E-state index in [1.807, 2.05) is 11.8 Å². The summed E-state index contributed by atoms with van der Waals surface area (Å²) in [4.78, 5) is 26.3. The van der Waals surface area contributed by atoms with Crippen LogP contribution in [0.3, 0.4) is 0 Å². The lowest BCUT2D eigenvalue weighted by atomic mass is 9.53. The van der Waals surface area contributed by atoms with Gasteiger partial charge >= 0.3 is 0 Å². The van der Waals surface area contributed by atoms with E-state index in [0.29, 0.717) is 13.1 Å². The van der Waals surface area contributed by atoms with Gasteiger partial charge in [0.1, 0.15) is 0 Å². The average Bonchev–Trinajstić information content (AvgIpc) is 2.44. The molecule has 5 nitrogen and oxygen atoms in total. The van der Waals surface area contributed by atoms with Crippen LogP contribution in [0.4, 0.5) is 0 Å². The Morgan fingerprint density at radius 3 is 2.36 bits per heavy atom. The van der Waals surface area contributed by atoms with Crippen LogP contribution in [-0.4, -0.2) is 47.9 Å². The Morgan fingerprint density at radius 1 is 1.23 bits per heavy atom. The molecule has 0 aromatic heterocycles. The molecule has 1 aliphatic heterocycles. The third-order valence-electron chi connectivity index (χ3n) is 6.42. The van der Waals surface area contributed by atoms with Gasteiger partial charge in [0.25, 0.3) is 0 Å². The number of carbonyl (C=O) groups is 2. The highest BCUT2D eigenvalue weighted by Crippen LogP contribution is 2.55. The molecule has 122 valence electrons. The summed E-state index contributed by atoms with van der Waals surface area (Å²) in [5, 5.41) is 6.24. The largest absolute Gasteiger partial charge is 0.354 e. The van der Waals surface area contributed by atoms with Crippen molar-refractivity contribution in [1.29, 1.82) is 0 Å². The monoisotopic (exact) mass is 305 g/mol. The maximum atomic E-state index is 12.7. The molecule has 0 spiro atoms. The minimum absolute atomic E-state index is 0.0284. The molecule has 4 saturated carbocycles. The van der Waals surface area contributed by atoms with Gasteiger partial charge in [-0.15, -0.1) is 0 Å². The molecule has 2 N–H and O–H groups in total. The van der Waals surface area contributed by atoms with Crippen molar-refractivity contribution >= 4 is 11.8 Å². The lowest BCUT2D eigenvalue weighted by Gasteiger charge is -2.57. The van der Waals surface area contributed by atoms with Crippen LogP contribution in [0.5, 0.6) is 0 Å². The van der Waals surface area contributed by atoms with Crippen LogP contribution in [-0.2, 0) is 9.59 Å². The van der Waals surface area contributed by atoms with Crippen molar-refractivity contribution in [3.8, 4) is 0 Å². The first-order chi connectivity index (χ1) is 10.5. The van der Waals surface area contributed by atoms with Gasteiger partial charge in [0, 0.05) is 18.6 Å². The molecule has 5 rings (SSSR count). The molecule has 0 aromatic carbocycles. The standard InChI is InChI=1S/C17H27N3O2/c1-11(20-3-2-18-15(21)10-20)16(22)19-17-7-12-4-13(8-17)6-14(5-12)9-17/h11-14H,2-10H2,1H3,(H,18,21)(H,19,22)/t11-,12?,13?,14?,17?/m1/s1. The molecule has 1 atom stereocenters. The molecule has 5 aliphatic rings. The highest BCUT2D eigenvalue weighted by molar-refractivity contribution is 5.84. The zero-order valence-corrected chi connectivity index (χ0v) is 13.4. The van der Waals surface area contributed by atoms with Crippen molar-refractivity contribution in [1.82, 2.24) is 15.5 Å². The SMILES string of the molecule is C[C@H](C(=O)NC12CC3CC(CC(C3)C1)C2)N1CCNC(=O)C1. The van der Waals surface area contributed by atoms with E-state index in [1.165, 1.54) is 38.5 Å². The van der Waals surface area contributed by atoms with Crippen LogP contribution < -0.4 is 10.6 Å². The van der Waals surface area contributed by atoms with E-state index in [-0.39, 0.29) is 23.4 Å². The van der Waals surface area contributed by atoms with Gasteiger partial charge in [-0.25, -0.2) is 0 Å². The van der Waals surface area contributed by atoms with Gasteiger partial charge in [-0.05, 0) is 63.2 Å². The first-order valence-electron chi connectivity index (χ1n) is 8.86. The minimum Gasteiger partial charge on any atom is -0.354 e. The number of hydrogen-bond acceptors (Lipinski definition) is 3. The third kappa shape index (κ3) is 2.53. The maximum Gasteiger partial charge on any atom is 0.237 e. The first-order valence-corrected chi connectivity index (χ1v) is 8.86. The van der Waals surface area contributed by atoms with Crippen LogP contribution in [0.25, 0.3) is 0 Å². The summed E-state index contributed by atoms with van der Waals surface area (Å²) in [5.74, 6) is 2.66. The zero-order valence-electron chi connectivity index (χ0n) is 13.4. The van der Waals surface area contributed by atoms with Crippen LogP contribution in [0.2, 0.25) is 0 Å². The summed E-state index contributed by atoms with van der Waals surface area (Å²) in [6.45, 7) is 3.69. The van der Waals surface area contributed by atoms with E-state index < -0.39 is 0 Å². The Kier molecular flexibility index (Phi) is 3.44. The van der Waals surface area contributed by atoms with Crippen LogP contribution in [0.15, 0.2) is 0 Å². The second kappa shape index (κ2) is 5.22. The van der Waals surface area contributed by atoms with Crippen molar-refractivity contribution < 1.29 is 9.59 Å². The normalized spacial score (nSPS) is 42.0. The third-order valence-corrected chi connectivity index (χ3v) is 6.42. The van der Waals surface area contributed by atoms with E-state index in [2.05, 4.69) is 10.6 Å². The summed E-state index contributed by atoms with van der Waals surface area (Å²) in [6.07, 6.45) is 7.69. The lowest BCUT2D eigenvalue weighted by molar-refractivity contribution is -0.134. The number of amides is 2. The molecule has 4 aliphatic carbocycles. The van der Waals surface area contributed by atoms with Crippen molar-refractivity contribution in [2.75, 3.05) is 19.6 Å². The fraction of sp³-hybridized carbons (Fsp3) is 0.882. The van der Waals surface area contributed by atoms with Gasteiger partial charge in [0.05, 0.1) is 12.6 Å². The van der Waals surface area contributed by atoms with E-state index in [4.69, 9.17) is 0 Å². The van der Waals surface area contributed by atoms with Gasteiger partial charge in [0.2, 0.25) is 11.8 Å².